The smallest absolute Gasteiger partial charge is 0.284 e. The second kappa shape index (κ2) is 15.3. The topological polar surface area (TPSA) is 67.4 Å². The van der Waals surface area contributed by atoms with Gasteiger partial charge in [-0.05, 0) is 55.2 Å². The maximum atomic E-state index is 10.6. The van der Waals surface area contributed by atoms with Crippen molar-refractivity contribution in [1.82, 2.24) is 5.32 Å². The van der Waals surface area contributed by atoms with E-state index >= 15 is 0 Å². The second-order valence-electron chi connectivity index (χ2n) is 6.64. The number of rotatable bonds is 10. The average Bonchev–Trinajstić information content (AvgIpc) is 2.79. The van der Waals surface area contributed by atoms with Gasteiger partial charge in [0.05, 0.1) is 0 Å². The first-order valence-electron chi connectivity index (χ1n) is 10.2. The molecule has 0 fully saturated rings. The first-order valence-corrected chi connectivity index (χ1v) is 10.2. The maximum absolute atomic E-state index is 10.6. The summed E-state index contributed by atoms with van der Waals surface area (Å²) in [6.07, 6.45) is 8.37. The van der Waals surface area contributed by atoms with Crippen LogP contribution in [0.25, 0.3) is 0 Å². The Morgan fingerprint density at radius 1 is 1.16 bits per heavy atom. The van der Waals surface area contributed by atoms with Gasteiger partial charge >= 0.3 is 0 Å². The van der Waals surface area contributed by atoms with Crippen molar-refractivity contribution in [3.63, 3.8) is 0 Å². The summed E-state index contributed by atoms with van der Waals surface area (Å²) < 4.78 is 5.79. The van der Waals surface area contributed by atoms with E-state index in [4.69, 9.17) is 4.74 Å². The molecular weight excluding hydrogens is 388 g/mol. The molecular formula is C26H32N2O3. The Balaban J connectivity index is 0.000000318. The van der Waals surface area contributed by atoms with E-state index in [1.54, 1.807) is 6.08 Å². The van der Waals surface area contributed by atoms with E-state index in [0.29, 0.717) is 19.6 Å². The molecule has 164 valence electrons. The Bertz CT molecular complexity index is 887. The van der Waals surface area contributed by atoms with Gasteiger partial charge in [-0.3, -0.25) is 9.59 Å². The molecule has 5 heteroatoms. The molecule has 5 nitrogen and oxygen atoms in total. The van der Waals surface area contributed by atoms with E-state index in [1.165, 1.54) is 5.56 Å². The van der Waals surface area contributed by atoms with Crippen molar-refractivity contribution in [2.45, 2.75) is 26.9 Å². The number of allylic oxidation sites excluding steroid dienone is 4. The molecule has 0 heterocycles. The first kappa shape index (κ1) is 25.4. The highest BCUT2D eigenvalue weighted by Crippen LogP contribution is 2.22. The van der Waals surface area contributed by atoms with Crippen LogP contribution in [-0.4, -0.2) is 25.8 Å². The highest BCUT2D eigenvalue weighted by atomic mass is 16.5. The third kappa shape index (κ3) is 10.7. The number of amides is 1. The van der Waals surface area contributed by atoms with Crippen LogP contribution in [0.4, 0.5) is 5.69 Å². The summed E-state index contributed by atoms with van der Waals surface area (Å²) in [4.78, 5) is 20.5. The van der Waals surface area contributed by atoms with E-state index in [9.17, 15) is 9.59 Å². The van der Waals surface area contributed by atoms with Crippen LogP contribution in [0.5, 0.6) is 5.75 Å². The number of anilines is 1. The Morgan fingerprint density at radius 2 is 1.90 bits per heavy atom. The standard InChI is InChI=1S/C15H17NO.C11H15NO2/c1-12-10-14(16-2)8-9-15(12)17-11-13-6-4-3-5-7-13;1-3-5-10(6-4-2)7-8-12-11(14)9-13/h3-10,16H,11H2,1-2H3;3-6,9H,1,7-8H2,2H3,(H,12,14)/b;6-4-,10-5+. The molecule has 2 aromatic carbocycles. The molecule has 0 atom stereocenters. The minimum Gasteiger partial charge on any atom is -0.489 e. The zero-order valence-electron chi connectivity index (χ0n) is 18.6. The fourth-order valence-electron chi connectivity index (χ4n) is 2.66. The van der Waals surface area contributed by atoms with E-state index in [1.807, 2.05) is 62.5 Å². The largest absolute Gasteiger partial charge is 0.489 e. The van der Waals surface area contributed by atoms with Crippen LogP contribution in [0.1, 0.15) is 24.5 Å². The van der Waals surface area contributed by atoms with Gasteiger partial charge in [0.15, 0.2) is 0 Å². The number of aldehydes is 1. The number of carbonyl (C=O) groups is 2. The molecule has 2 N–H and O–H groups in total. The number of aryl methyl sites for hydroxylation is 1. The predicted octanol–water partition coefficient (Wildman–Crippen LogP) is 5.00. The van der Waals surface area contributed by atoms with Gasteiger partial charge in [-0.25, -0.2) is 0 Å². The van der Waals surface area contributed by atoms with Crippen molar-refractivity contribution < 1.29 is 14.3 Å². The minimum atomic E-state index is -0.580. The SMILES string of the molecule is C=C/C=C(\C=C/C)CCNC(=O)C=O.CNc1ccc(OCc2ccccc2)c(C)c1. The summed E-state index contributed by atoms with van der Waals surface area (Å²) in [5.41, 5.74) is 4.50. The fourth-order valence-corrected chi connectivity index (χ4v) is 2.66. The van der Waals surface area contributed by atoms with Crippen LogP contribution >= 0.6 is 0 Å². The number of ether oxygens (including phenoxy) is 1. The Kier molecular flexibility index (Phi) is 12.5. The fraction of sp³-hybridized carbons (Fsp3) is 0.231. The van der Waals surface area contributed by atoms with Gasteiger partial charge in [0, 0.05) is 19.3 Å². The van der Waals surface area contributed by atoms with Crippen LogP contribution in [-0.2, 0) is 16.2 Å². The molecule has 0 aliphatic rings. The monoisotopic (exact) mass is 420 g/mol. The third-order valence-corrected chi connectivity index (χ3v) is 4.23. The van der Waals surface area contributed by atoms with Crippen molar-refractivity contribution in [2.24, 2.45) is 0 Å². The van der Waals surface area contributed by atoms with Crippen LogP contribution in [0.15, 0.2) is 85.0 Å². The Hall–Kier alpha value is -3.60. The van der Waals surface area contributed by atoms with Crippen LogP contribution < -0.4 is 15.4 Å². The molecule has 0 unspecified atom stereocenters. The molecule has 0 bridgehead atoms. The molecule has 0 saturated heterocycles. The van der Waals surface area contributed by atoms with E-state index in [0.717, 1.165) is 22.6 Å². The molecule has 31 heavy (non-hydrogen) atoms. The summed E-state index contributed by atoms with van der Waals surface area (Å²) in [7, 11) is 1.92. The van der Waals surface area contributed by atoms with Crippen LogP contribution in [0, 0.1) is 6.92 Å². The van der Waals surface area contributed by atoms with Crippen molar-refractivity contribution in [1.29, 1.82) is 0 Å². The minimum absolute atomic E-state index is 0.270. The lowest BCUT2D eigenvalue weighted by molar-refractivity contribution is -0.131. The lowest BCUT2D eigenvalue weighted by Gasteiger charge is -2.10. The zero-order chi connectivity index (χ0) is 22.9. The quantitative estimate of drug-likeness (QED) is 0.323. The molecule has 0 spiro atoms. The van der Waals surface area contributed by atoms with Gasteiger partial charge in [-0.2, -0.15) is 0 Å². The average molecular weight is 421 g/mol. The molecule has 0 aromatic heterocycles. The second-order valence-corrected chi connectivity index (χ2v) is 6.64. The van der Waals surface area contributed by atoms with E-state index < -0.39 is 5.91 Å². The number of nitrogens with one attached hydrogen (secondary N) is 2. The summed E-state index contributed by atoms with van der Waals surface area (Å²) in [6.45, 7) is 8.63. The number of hydrogen-bond acceptors (Lipinski definition) is 4. The van der Waals surface area contributed by atoms with Crippen LogP contribution in [0.2, 0.25) is 0 Å². The summed E-state index contributed by atoms with van der Waals surface area (Å²) in [5.74, 6) is 0.358. The lowest BCUT2D eigenvalue weighted by Crippen LogP contribution is -2.25. The number of benzene rings is 2. The summed E-state index contributed by atoms with van der Waals surface area (Å²) in [5, 5.41) is 5.58. The van der Waals surface area contributed by atoms with Gasteiger partial charge in [-0.15, -0.1) is 0 Å². The zero-order valence-corrected chi connectivity index (χ0v) is 18.6. The molecule has 0 radical (unpaired) electrons. The summed E-state index contributed by atoms with van der Waals surface area (Å²) in [6, 6.07) is 16.3. The Morgan fingerprint density at radius 3 is 2.48 bits per heavy atom. The van der Waals surface area contributed by atoms with Gasteiger partial charge < -0.3 is 15.4 Å². The summed E-state index contributed by atoms with van der Waals surface area (Å²) >= 11 is 0. The first-order chi connectivity index (χ1) is 15.0. The third-order valence-electron chi connectivity index (χ3n) is 4.23. The van der Waals surface area contributed by atoms with Gasteiger partial charge in [-0.1, -0.05) is 61.2 Å². The van der Waals surface area contributed by atoms with Gasteiger partial charge in [0.1, 0.15) is 12.4 Å². The highest BCUT2D eigenvalue weighted by molar-refractivity contribution is 6.23. The predicted molar refractivity (Wildman–Crippen MR) is 128 cm³/mol. The van der Waals surface area contributed by atoms with Gasteiger partial charge in [0.25, 0.3) is 5.91 Å². The van der Waals surface area contributed by atoms with Crippen molar-refractivity contribution in [2.75, 3.05) is 18.9 Å². The van der Waals surface area contributed by atoms with E-state index in [2.05, 4.69) is 42.3 Å². The number of hydrogen-bond donors (Lipinski definition) is 2. The maximum Gasteiger partial charge on any atom is 0.284 e. The van der Waals surface area contributed by atoms with Crippen molar-refractivity contribution in [3.8, 4) is 5.75 Å². The molecule has 0 aliphatic heterocycles. The molecule has 2 rings (SSSR count). The molecule has 0 saturated carbocycles. The van der Waals surface area contributed by atoms with Crippen LogP contribution in [0.3, 0.4) is 0 Å². The van der Waals surface area contributed by atoms with E-state index in [-0.39, 0.29) is 6.29 Å². The van der Waals surface area contributed by atoms with Gasteiger partial charge in [0.2, 0.25) is 6.29 Å². The normalized spacial score (nSPS) is 10.6. The highest BCUT2D eigenvalue weighted by Gasteiger charge is 2.01. The van der Waals surface area contributed by atoms with Crippen molar-refractivity contribution >= 4 is 17.9 Å². The van der Waals surface area contributed by atoms with Crippen molar-refractivity contribution in [3.05, 3.63) is 96.1 Å². The lowest BCUT2D eigenvalue weighted by atomic mass is 10.1. The number of carbonyl (C=O) groups excluding carboxylic acids is 2. The Labute approximate surface area is 185 Å². The molecule has 0 aliphatic carbocycles. The molecule has 1 amide bonds. The molecule has 2 aromatic rings.